The summed E-state index contributed by atoms with van der Waals surface area (Å²) in [5, 5.41) is 3.49. The standard InChI is InChI=1S/C17H18N2O3S/c1-22-17(21)14(11-13-7-3-2-4-8-13)19-15(20)12-23-16-9-5-6-10-18-16/h2-10,14H,11-12H2,1H3,(H,19,20). The maximum atomic E-state index is 12.1. The average molecular weight is 330 g/mol. The van der Waals surface area contributed by atoms with Crippen molar-refractivity contribution < 1.29 is 14.3 Å². The van der Waals surface area contributed by atoms with Gasteiger partial charge in [0, 0.05) is 12.6 Å². The number of thioether (sulfide) groups is 1. The summed E-state index contributed by atoms with van der Waals surface area (Å²) >= 11 is 1.32. The summed E-state index contributed by atoms with van der Waals surface area (Å²) in [5.74, 6) is -0.490. The number of nitrogens with zero attached hydrogens (tertiary/aromatic N) is 1. The maximum absolute atomic E-state index is 12.1. The van der Waals surface area contributed by atoms with Gasteiger partial charge < -0.3 is 10.1 Å². The first kappa shape index (κ1) is 17.0. The fraction of sp³-hybridized carbons (Fsp3) is 0.235. The fourth-order valence-corrected chi connectivity index (χ4v) is 2.67. The van der Waals surface area contributed by atoms with Crippen LogP contribution in [0.2, 0.25) is 0 Å². The van der Waals surface area contributed by atoms with E-state index >= 15 is 0 Å². The summed E-state index contributed by atoms with van der Waals surface area (Å²) in [4.78, 5) is 28.1. The highest BCUT2D eigenvalue weighted by Gasteiger charge is 2.21. The zero-order chi connectivity index (χ0) is 16.5. The van der Waals surface area contributed by atoms with Crippen molar-refractivity contribution in [2.24, 2.45) is 0 Å². The number of esters is 1. The van der Waals surface area contributed by atoms with Crippen LogP contribution in [-0.2, 0) is 20.7 Å². The van der Waals surface area contributed by atoms with Gasteiger partial charge in [0.05, 0.1) is 17.9 Å². The van der Waals surface area contributed by atoms with E-state index in [9.17, 15) is 9.59 Å². The first-order valence-electron chi connectivity index (χ1n) is 7.14. The van der Waals surface area contributed by atoms with Crippen molar-refractivity contribution in [3.63, 3.8) is 0 Å². The molecule has 1 unspecified atom stereocenters. The summed E-state index contributed by atoms with van der Waals surface area (Å²) in [6.07, 6.45) is 2.07. The second kappa shape index (κ2) is 8.95. The number of hydrogen-bond acceptors (Lipinski definition) is 5. The summed E-state index contributed by atoms with van der Waals surface area (Å²) in [6, 6.07) is 14.3. The van der Waals surface area contributed by atoms with Gasteiger partial charge in [-0.05, 0) is 17.7 Å². The molecule has 1 atom stereocenters. The topological polar surface area (TPSA) is 68.3 Å². The lowest BCUT2D eigenvalue weighted by molar-refractivity contribution is -0.144. The zero-order valence-corrected chi connectivity index (χ0v) is 13.6. The van der Waals surface area contributed by atoms with Crippen molar-refractivity contribution in [1.29, 1.82) is 0 Å². The van der Waals surface area contributed by atoms with E-state index in [4.69, 9.17) is 4.74 Å². The quantitative estimate of drug-likeness (QED) is 0.622. The van der Waals surface area contributed by atoms with E-state index in [1.54, 1.807) is 6.20 Å². The third kappa shape index (κ3) is 5.75. The molecular formula is C17H18N2O3S. The SMILES string of the molecule is COC(=O)C(Cc1ccccc1)NC(=O)CSc1ccccn1. The van der Waals surface area contributed by atoms with E-state index in [0.717, 1.165) is 10.6 Å². The van der Waals surface area contributed by atoms with Gasteiger partial charge in [-0.2, -0.15) is 0 Å². The number of ether oxygens (including phenoxy) is 1. The highest BCUT2D eigenvalue weighted by atomic mass is 32.2. The van der Waals surface area contributed by atoms with Crippen LogP contribution in [0.4, 0.5) is 0 Å². The van der Waals surface area contributed by atoms with Crippen LogP contribution < -0.4 is 5.32 Å². The molecule has 1 amide bonds. The molecule has 1 aromatic heterocycles. The molecule has 0 aliphatic heterocycles. The number of methoxy groups -OCH3 is 1. The van der Waals surface area contributed by atoms with Gasteiger partial charge in [0.1, 0.15) is 6.04 Å². The number of carbonyl (C=O) groups is 2. The van der Waals surface area contributed by atoms with E-state index in [1.807, 2.05) is 48.5 Å². The molecule has 0 fully saturated rings. The van der Waals surface area contributed by atoms with E-state index in [-0.39, 0.29) is 11.7 Å². The Labute approximate surface area is 139 Å². The van der Waals surface area contributed by atoms with Crippen molar-refractivity contribution in [3.05, 3.63) is 60.3 Å². The molecule has 0 radical (unpaired) electrons. The Balaban J connectivity index is 1.91. The van der Waals surface area contributed by atoms with Crippen LogP contribution in [0.3, 0.4) is 0 Å². The number of carbonyl (C=O) groups excluding carboxylic acids is 2. The van der Waals surface area contributed by atoms with E-state index in [1.165, 1.54) is 18.9 Å². The average Bonchev–Trinajstić information content (AvgIpc) is 2.60. The third-order valence-electron chi connectivity index (χ3n) is 3.09. The molecule has 0 bridgehead atoms. The van der Waals surface area contributed by atoms with Crippen LogP contribution in [0.1, 0.15) is 5.56 Å². The predicted octanol–water partition coefficient (Wildman–Crippen LogP) is 2.07. The number of aromatic nitrogens is 1. The van der Waals surface area contributed by atoms with Gasteiger partial charge in [-0.25, -0.2) is 9.78 Å². The minimum atomic E-state index is -0.695. The summed E-state index contributed by atoms with van der Waals surface area (Å²) in [7, 11) is 1.31. The third-order valence-corrected chi connectivity index (χ3v) is 4.04. The fourth-order valence-electron chi connectivity index (χ4n) is 1.99. The number of benzene rings is 1. The van der Waals surface area contributed by atoms with Gasteiger partial charge >= 0.3 is 5.97 Å². The Bertz CT molecular complexity index is 635. The lowest BCUT2D eigenvalue weighted by atomic mass is 10.1. The summed E-state index contributed by atoms with van der Waals surface area (Å²) < 4.78 is 4.78. The highest BCUT2D eigenvalue weighted by Crippen LogP contribution is 2.13. The van der Waals surface area contributed by atoms with E-state index in [0.29, 0.717) is 6.42 Å². The predicted molar refractivity (Wildman–Crippen MR) is 89.1 cm³/mol. The normalized spacial score (nSPS) is 11.5. The second-order valence-corrected chi connectivity index (χ2v) is 5.79. The summed E-state index contributed by atoms with van der Waals surface area (Å²) in [5.41, 5.74) is 0.959. The molecule has 5 nitrogen and oxygen atoms in total. The number of hydrogen-bond donors (Lipinski definition) is 1. The van der Waals surface area contributed by atoms with Gasteiger partial charge in [-0.1, -0.05) is 48.2 Å². The van der Waals surface area contributed by atoms with Crippen LogP contribution in [-0.4, -0.2) is 35.8 Å². The van der Waals surface area contributed by atoms with Crippen LogP contribution in [0.5, 0.6) is 0 Å². The van der Waals surface area contributed by atoms with Crippen LogP contribution in [0, 0.1) is 0 Å². The molecule has 2 aromatic rings. The molecule has 1 heterocycles. The first-order valence-corrected chi connectivity index (χ1v) is 8.12. The molecule has 6 heteroatoms. The van der Waals surface area contributed by atoms with Gasteiger partial charge in [-0.3, -0.25) is 4.79 Å². The van der Waals surface area contributed by atoms with Crippen molar-refractivity contribution in [3.8, 4) is 0 Å². The molecule has 120 valence electrons. The molecule has 0 aliphatic rings. The molecule has 23 heavy (non-hydrogen) atoms. The molecule has 1 aromatic carbocycles. The molecule has 0 spiro atoms. The molecule has 0 aliphatic carbocycles. The van der Waals surface area contributed by atoms with Gasteiger partial charge in [0.15, 0.2) is 0 Å². The monoisotopic (exact) mass is 330 g/mol. The Morgan fingerprint density at radius 2 is 1.91 bits per heavy atom. The minimum Gasteiger partial charge on any atom is -0.467 e. The van der Waals surface area contributed by atoms with Crippen LogP contribution in [0.25, 0.3) is 0 Å². The number of rotatable bonds is 7. The van der Waals surface area contributed by atoms with Crippen molar-refractivity contribution in [2.45, 2.75) is 17.5 Å². The van der Waals surface area contributed by atoms with E-state index < -0.39 is 12.0 Å². The van der Waals surface area contributed by atoms with Crippen molar-refractivity contribution in [2.75, 3.05) is 12.9 Å². The molecule has 0 saturated heterocycles. The Kier molecular flexibility index (Phi) is 6.62. The minimum absolute atomic E-state index is 0.194. The Morgan fingerprint density at radius 1 is 1.17 bits per heavy atom. The van der Waals surface area contributed by atoms with Gasteiger partial charge in [-0.15, -0.1) is 0 Å². The zero-order valence-electron chi connectivity index (χ0n) is 12.8. The lowest BCUT2D eigenvalue weighted by Gasteiger charge is -2.16. The number of nitrogens with one attached hydrogen (secondary N) is 1. The molecule has 0 saturated carbocycles. The van der Waals surface area contributed by atoms with E-state index in [2.05, 4.69) is 10.3 Å². The molecule has 1 N–H and O–H groups in total. The largest absolute Gasteiger partial charge is 0.467 e. The van der Waals surface area contributed by atoms with Crippen molar-refractivity contribution >= 4 is 23.6 Å². The van der Waals surface area contributed by atoms with Crippen LogP contribution in [0.15, 0.2) is 59.8 Å². The lowest BCUT2D eigenvalue weighted by Crippen LogP contribution is -2.43. The Hall–Kier alpha value is -2.34. The Morgan fingerprint density at radius 3 is 2.57 bits per heavy atom. The number of amides is 1. The second-order valence-electron chi connectivity index (χ2n) is 4.79. The maximum Gasteiger partial charge on any atom is 0.328 e. The summed E-state index contributed by atoms with van der Waals surface area (Å²) in [6.45, 7) is 0. The molecular weight excluding hydrogens is 312 g/mol. The first-order chi connectivity index (χ1) is 11.2. The van der Waals surface area contributed by atoms with Gasteiger partial charge in [0.2, 0.25) is 5.91 Å². The number of pyridine rings is 1. The highest BCUT2D eigenvalue weighted by molar-refractivity contribution is 7.99. The van der Waals surface area contributed by atoms with Gasteiger partial charge in [0.25, 0.3) is 0 Å². The molecule has 2 rings (SSSR count). The van der Waals surface area contributed by atoms with Crippen LogP contribution >= 0.6 is 11.8 Å². The smallest absolute Gasteiger partial charge is 0.328 e. The van der Waals surface area contributed by atoms with Crippen molar-refractivity contribution in [1.82, 2.24) is 10.3 Å².